The number of amides is 1. The minimum absolute atomic E-state index is 0.150. The summed E-state index contributed by atoms with van der Waals surface area (Å²) in [7, 11) is 3.30. The van der Waals surface area contributed by atoms with Crippen LogP contribution in [0.15, 0.2) is 18.2 Å². The first-order valence-corrected chi connectivity index (χ1v) is 7.12. The number of primary amides is 1. The minimum atomic E-state index is -0.613. The summed E-state index contributed by atoms with van der Waals surface area (Å²) in [6.07, 6.45) is 1.22. The average Bonchev–Trinajstić information content (AvgIpc) is 2.54. The Morgan fingerprint density at radius 1 is 1.39 bits per heavy atom. The van der Waals surface area contributed by atoms with Gasteiger partial charge in [-0.15, -0.1) is 0 Å². The van der Waals surface area contributed by atoms with E-state index in [-0.39, 0.29) is 5.69 Å². The van der Waals surface area contributed by atoms with Crippen LogP contribution in [-0.2, 0) is 0 Å². The number of carbonyl (C=O) groups is 1. The zero-order chi connectivity index (χ0) is 17.1. The zero-order valence-electron chi connectivity index (χ0n) is 13.7. The number of ether oxygens (including phenoxy) is 1. The van der Waals surface area contributed by atoms with Crippen molar-refractivity contribution in [2.24, 2.45) is 5.73 Å². The molecule has 0 spiro atoms. The second-order valence-corrected chi connectivity index (χ2v) is 5.16. The van der Waals surface area contributed by atoms with E-state index in [2.05, 4.69) is 10.3 Å². The van der Waals surface area contributed by atoms with Gasteiger partial charge in [-0.05, 0) is 48.2 Å². The normalized spacial score (nSPS) is 10.3. The fraction of sp³-hybridized carbons (Fsp3) is 0.235. The predicted molar refractivity (Wildman–Crippen MR) is 91.6 cm³/mol. The molecule has 23 heavy (non-hydrogen) atoms. The monoisotopic (exact) mass is 312 g/mol. The third kappa shape index (κ3) is 2.88. The molecule has 1 heterocycles. The van der Waals surface area contributed by atoms with Gasteiger partial charge in [0.1, 0.15) is 17.3 Å². The molecule has 6 heteroatoms. The molecule has 0 aliphatic carbocycles. The Balaban J connectivity index is 2.89. The van der Waals surface area contributed by atoms with Gasteiger partial charge in [-0.2, -0.15) is 0 Å². The maximum Gasteiger partial charge on any atom is 0.267 e. The summed E-state index contributed by atoms with van der Waals surface area (Å²) in [4.78, 5) is 15.8. The van der Waals surface area contributed by atoms with Gasteiger partial charge in [0.05, 0.1) is 7.11 Å². The lowest BCUT2D eigenvalue weighted by atomic mass is 9.91. The molecule has 0 aliphatic rings. The smallest absolute Gasteiger partial charge is 0.267 e. The van der Waals surface area contributed by atoms with Crippen molar-refractivity contribution in [1.82, 2.24) is 4.98 Å². The standard InChI is InChI=1S/C17H20N4O2/c1-9-5-6-14(23-4)10(2)15(9)11-7-13(16(19)22)21-17(20-3)12(11)8-18/h5-8,18H,1-4H3,(H2,19,22)(H,20,21). The van der Waals surface area contributed by atoms with Crippen LogP contribution >= 0.6 is 0 Å². The molecule has 0 bridgehead atoms. The Morgan fingerprint density at radius 3 is 2.61 bits per heavy atom. The minimum Gasteiger partial charge on any atom is -0.496 e. The summed E-state index contributed by atoms with van der Waals surface area (Å²) in [6, 6.07) is 5.46. The van der Waals surface area contributed by atoms with Crippen LogP contribution in [0.2, 0.25) is 0 Å². The van der Waals surface area contributed by atoms with Crippen molar-refractivity contribution in [3.63, 3.8) is 0 Å². The highest BCUT2D eigenvalue weighted by molar-refractivity contribution is 6.00. The summed E-state index contributed by atoms with van der Waals surface area (Å²) in [6.45, 7) is 3.91. The van der Waals surface area contributed by atoms with E-state index in [9.17, 15) is 4.79 Å². The first-order chi connectivity index (χ1) is 10.9. The number of hydrogen-bond donors (Lipinski definition) is 3. The number of nitrogens with zero attached hydrogens (tertiary/aromatic N) is 1. The maximum atomic E-state index is 11.6. The maximum absolute atomic E-state index is 11.6. The summed E-state index contributed by atoms with van der Waals surface area (Å²) in [5.41, 5.74) is 9.71. The number of nitrogens with two attached hydrogens (primary N) is 1. The van der Waals surface area contributed by atoms with E-state index < -0.39 is 5.91 Å². The van der Waals surface area contributed by atoms with Crippen LogP contribution in [0.4, 0.5) is 5.82 Å². The van der Waals surface area contributed by atoms with Gasteiger partial charge in [-0.3, -0.25) is 4.79 Å². The molecule has 1 aromatic carbocycles. The summed E-state index contributed by atoms with van der Waals surface area (Å²) < 4.78 is 5.39. The topological polar surface area (TPSA) is 101 Å². The van der Waals surface area contributed by atoms with Crippen molar-refractivity contribution < 1.29 is 9.53 Å². The fourth-order valence-electron chi connectivity index (χ4n) is 2.69. The quantitative estimate of drug-likeness (QED) is 0.738. The Bertz CT molecular complexity index is 785. The molecule has 0 fully saturated rings. The van der Waals surface area contributed by atoms with Gasteiger partial charge in [0.25, 0.3) is 5.91 Å². The lowest BCUT2D eigenvalue weighted by molar-refractivity contribution is 0.0995. The van der Waals surface area contributed by atoms with E-state index in [4.69, 9.17) is 15.9 Å². The number of aromatic nitrogens is 1. The highest BCUT2D eigenvalue weighted by atomic mass is 16.5. The highest BCUT2D eigenvalue weighted by Gasteiger charge is 2.18. The van der Waals surface area contributed by atoms with Crippen LogP contribution < -0.4 is 15.8 Å². The van der Waals surface area contributed by atoms with Crippen LogP contribution in [0.25, 0.3) is 11.1 Å². The molecule has 0 atom stereocenters. The Hall–Kier alpha value is -2.89. The first-order valence-electron chi connectivity index (χ1n) is 7.12. The third-order valence-corrected chi connectivity index (χ3v) is 3.81. The molecule has 1 amide bonds. The van der Waals surface area contributed by atoms with Crippen molar-refractivity contribution in [2.45, 2.75) is 13.8 Å². The zero-order valence-corrected chi connectivity index (χ0v) is 13.7. The number of benzene rings is 1. The summed E-state index contributed by atoms with van der Waals surface area (Å²) >= 11 is 0. The average molecular weight is 312 g/mol. The third-order valence-electron chi connectivity index (χ3n) is 3.81. The number of hydrogen-bond acceptors (Lipinski definition) is 5. The largest absolute Gasteiger partial charge is 0.496 e. The molecule has 4 N–H and O–H groups in total. The van der Waals surface area contributed by atoms with Gasteiger partial charge in [-0.25, -0.2) is 4.98 Å². The van der Waals surface area contributed by atoms with Crippen LogP contribution in [0.5, 0.6) is 5.75 Å². The number of pyridine rings is 1. The first kappa shape index (κ1) is 16.5. The van der Waals surface area contributed by atoms with E-state index in [0.717, 1.165) is 28.0 Å². The van der Waals surface area contributed by atoms with Gasteiger partial charge < -0.3 is 21.2 Å². The van der Waals surface area contributed by atoms with E-state index in [1.54, 1.807) is 20.2 Å². The molecule has 6 nitrogen and oxygen atoms in total. The molecule has 0 saturated carbocycles. The molecular weight excluding hydrogens is 292 g/mol. The van der Waals surface area contributed by atoms with Gasteiger partial charge >= 0.3 is 0 Å². The molecule has 1 aromatic heterocycles. The predicted octanol–water partition coefficient (Wildman–Crippen LogP) is 2.51. The second kappa shape index (κ2) is 6.48. The number of anilines is 1. The molecule has 0 aliphatic heterocycles. The van der Waals surface area contributed by atoms with Crippen LogP contribution in [0, 0.1) is 19.3 Å². The Kier molecular flexibility index (Phi) is 4.64. The molecule has 2 rings (SSSR count). The SMILES string of the molecule is CNc1nc(C(N)=O)cc(-c2c(C)ccc(OC)c2C)c1C=N. The number of methoxy groups -OCH3 is 1. The number of aryl methyl sites for hydroxylation is 1. The molecule has 0 unspecified atom stereocenters. The summed E-state index contributed by atoms with van der Waals surface area (Å²) in [5, 5.41) is 10.7. The summed E-state index contributed by atoms with van der Waals surface area (Å²) in [5.74, 6) is 0.565. The lowest BCUT2D eigenvalue weighted by Crippen LogP contribution is -2.15. The van der Waals surface area contributed by atoms with E-state index in [1.165, 1.54) is 6.21 Å². The number of rotatable bonds is 5. The van der Waals surface area contributed by atoms with Gasteiger partial charge in [0.15, 0.2) is 0 Å². The molecule has 2 aromatic rings. The van der Waals surface area contributed by atoms with Crippen LogP contribution in [-0.4, -0.2) is 31.3 Å². The number of carbonyl (C=O) groups excluding carboxylic acids is 1. The van der Waals surface area contributed by atoms with E-state index >= 15 is 0 Å². The highest BCUT2D eigenvalue weighted by Crippen LogP contribution is 2.36. The Labute approximate surface area is 135 Å². The fourth-order valence-corrected chi connectivity index (χ4v) is 2.69. The van der Waals surface area contributed by atoms with Crippen molar-refractivity contribution in [2.75, 3.05) is 19.5 Å². The van der Waals surface area contributed by atoms with Crippen LogP contribution in [0.3, 0.4) is 0 Å². The van der Waals surface area contributed by atoms with Crippen molar-refractivity contribution in [3.05, 3.63) is 40.6 Å². The molecular formula is C17H20N4O2. The van der Waals surface area contributed by atoms with Gasteiger partial charge in [-0.1, -0.05) is 6.07 Å². The van der Waals surface area contributed by atoms with Gasteiger partial charge in [0.2, 0.25) is 0 Å². The lowest BCUT2D eigenvalue weighted by Gasteiger charge is -2.18. The number of nitrogens with one attached hydrogen (secondary N) is 2. The Morgan fingerprint density at radius 2 is 2.09 bits per heavy atom. The molecule has 0 saturated heterocycles. The van der Waals surface area contributed by atoms with Crippen LogP contribution in [0.1, 0.15) is 27.2 Å². The van der Waals surface area contributed by atoms with E-state index in [0.29, 0.717) is 11.4 Å². The van der Waals surface area contributed by atoms with Crippen molar-refractivity contribution in [1.29, 1.82) is 5.41 Å². The molecule has 120 valence electrons. The van der Waals surface area contributed by atoms with E-state index in [1.807, 2.05) is 26.0 Å². The van der Waals surface area contributed by atoms with Crippen molar-refractivity contribution >= 4 is 17.9 Å². The molecule has 0 radical (unpaired) electrons. The second-order valence-electron chi connectivity index (χ2n) is 5.16. The van der Waals surface area contributed by atoms with Gasteiger partial charge in [0, 0.05) is 18.8 Å². The van der Waals surface area contributed by atoms with Crippen molar-refractivity contribution in [3.8, 4) is 16.9 Å².